The number of carbonyl (C=O) groups excluding carboxylic acids is 1. The zero-order valence-corrected chi connectivity index (χ0v) is 18.3. The summed E-state index contributed by atoms with van der Waals surface area (Å²) in [4.78, 5) is 16.7. The van der Waals surface area contributed by atoms with E-state index < -0.39 is 23.6 Å². The van der Waals surface area contributed by atoms with Gasteiger partial charge in [-0.2, -0.15) is 4.98 Å². The lowest BCUT2D eigenvalue weighted by atomic mass is 9.97. The lowest BCUT2D eigenvalue weighted by Crippen LogP contribution is -2.27. The third-order valence-corrected chi connectivity index (χ3v) is 5.50. The van der Waals surface area contributed by atoms with Gasteiger partial charge in [0.15, 0.2) is 5.65 Å². The second-order valence-electron chi connectivity index (χ2n) is 7.54. The Morgan fingerprint density at radius 2 is 1.97 bits per heavy atom. The van der Waals surface area contributed by atoms with Crippen molar-refractivity contribution >= 4 is 29.1 Å². The number of pyridine rings is 1. The van der Waals surface area contributed by atoms with Crippen LogP contribution in [-0.4, -0.2) is 32.2 Å². The Hall–Kier alpha value is -3.56. The van der Waals surface area contributed by atoms with E-state index in [1.54, 1.807) is 24.3 Å². The molecule has 0 unspecified atom stereocenters. The number of rotatable bonds is 6. The fourth-order valence-corrected chi connectivity index (χ4v) is 3.72. The molecule has 0 saturated heterocycles. The molecular formula is C23H20ClF2N5O2. The zero-order valence-electron chi connectivity index (χ0n) is 17.5. The molecule has 10 heteroatoms. The topological polar surface area (TPSA) is 106 Å². The molecule has 7 nitrogen and oxygen atoms in total. The van der Waals surface area contributed by atoms with E-state index in [2.05, 4.69) is 15.4 Å². The first kappa shape index (κ1) is 22.6. The van der Waals surface area contributed by atoms with Gasteiger partial charge in [-0.05, 0) is 60.4 Å². The van der Waals surface area contributed by atoms with Crippen LogP contribution in [0, 0.1) is 18.6 Å². The van der Waals surface area contributed by atoms with Crippen molar-refractivity contribution < 1.29 is 18.7 Å². The van der Waals surface area contributed by atoms with Crippen molar-refractivity contribution in [3.8, 4) is 11.1 Å². The van der Waals surface area contributed by atoms with Gasteiger partial charge in [0, 0.05) is 17.8 Å². The Balaban J connectivity index is 1.55. The van der Waals surface area contributed by atoms with Crippen molar-refractivity contribution in [3.63, 3.8) is 0 Å². The number of benzene rings is 2. The number of nitrogen functional groups attached to an aromatic ring is 1. The SMILES string of the molecule is Cc1cc(F)c(-c2ccn3nc(N)nc3c2)c(F)c1C(=O)NCC[C@H](O)c1ccc(Cl)cc1. The average Bonchev–Trinajstić information content (AvgIpc) is 3.13. The van der Waals surface area contributed by atoms with Gasteiger partial charge < -0.3 is 16.2 Å². The lowest BCUT2D eigenvalue weighted by molar-refractivity contribution is 0.0938. The minimum atomic E-state index is -0.986. The van der Waals surface area contributed by atoms with Crippen molar-refractivity contribution in [3.05, 3.63) is 82.0 Å². The minimum absolute atomic E-state index is 0.0258. The highest BCUT2D eigenvalue weighted by Gasteiger charge is 2.23. The monoisotopic (exact) mass is 471 g/mol. The number of halogens is 3. The maximum absolute atomic E-state index is 15.4. The fourth-order valence-electron chi connectivity index (χ4n) is 3.60. The first-order valence-electron chi connectivity index (χ1n) is 10.1. The lowest BCUT2D eigenvalue weighted by Gasteiger charge is -2.15. The molecular weight excluding hydrogens is 452 g/mol. The van der Waals surface area contributed by atoms with Gasteiger partial charge in [0.05, 0.1) is 17.2 Å². The number of hydrogen-bond donors (Lipinski definition) is 3. The predicted octanol–water partition coefficient (Wildman–Crippen LogP) is 4.07. The maximum Gasteiger partial charge on any atom is 0.254 e. The highest BCUT2D eigenvalue weighted by molar-refractivity contribution is 6.30. The summed E-state index contributed by atoms with van der Waals surface area (Å²) in [5.41, 5.74) is 6.24. The first-order chi connectivity index (χ1) is 15.7. The number of aliphatic hydroxyl groups excluding tert-OH is 1. The molecule has 2 heterocycles. The van der Waals surface area contributed by atoms with Crippen LogP contribution in [0.25, 0.3) is 16.8 Å². The number of aromatic nitrogens is 3. The summed E-state index contributed by atoms with van der Waals surface area (Å²) in [7, 11) is 0. The number of hydrogen-bond acceptors (Lipinski definition) is 5. The first-order valence-corrected chi connectivity index (χ1v) is 10.4. The van der Waals surface area contributed by atoms with Crippen LogP contribution in [0.3, 0.4) is 0 Å². The maximum atomic E-state index is 15.4. The van der Waals surface area contributed by atoms with E-state index in [1.165, 1.54) is 29.8 Å². The van der Waals surface area contributed by atoms with E-state index in [0.29, 0.717) is 16.2 Å². The molecule has 0 radical (unpaired) electrons. The van der Waals surface area contributed by atoms with Gasteiger partial charge in [-0.3, -0.25) is 4.79 Å². The summed E-state index contributed by atoms with van der Waals surface area (Å²) in [5.74, 6) is -2.48. The molecule has 4 rings (SSSR count). The van der Waals surface area contributed by atoms with E-state index in [4.69, 9.17) is 17.3 Å². The van der Waals surface area contributed by atoms with Crippen molar-refractivity contribution in [2.24, 2.45) is 0 Å². The van der Waals surface area contributed by atoms with Crippen LogP contribution in [-0.2, 0) is 0 Å². The molecule has 0 fully saturated rings. The Kier molecular flexibility index (Phi) is 6.26. The number of nitrogens with zero attached hydrogens (tertiary/aromatic N) is 3. The molecule has 1 atom stereocenters. The number of nitrogens with two attached hydrogens (primary N) is 1. The van der Waals surface area contributed by atoms with E-state index in [0.717, 1.165) is 6.07 Å². The number of fused-ring (bicyclic) bond motifs is 1. The Morgan fingerprint density at radius 1 is 1.24 bits per heavy atom. The number of carbonyl (C=O) groups is 1. The predicted molar refractivity (Wildman–Crippen MR) is 121 cm³/mol. The second kappa shape index (κ2) is 9.13. The fraction of sp³-hybridized carbons (Fsp3) is 0.174. The third-order valence-electron chi connectivity index (χ3n) is 5.24. The summed E-state index contributed by atoms with van der Waals surface area (Å²) < 4.78 is 31.5. The largest absolute Gasteiger partial charge is 0.388 e. The molecule has 0 aliphatic rings. The summed E-state index contributed by atoms with van der Waals surface area (Å²) in [6.07, 6.45) is 0.845. The highest BCUT2D eigenvalue weighted by atomic mass is 35.5. The van der Waals surface area contributed by atoms with E-state index in [9.17, 15) is 14.3 Å². The van der Waals surface area contributed by atoms with Crippen molar-refractivity contribution in [1.29, 1.82) is 0 Å². The second-order valence-corrected chi connectivity index (χ2v) is 7.98. The van der Waals surface area contributed by atoms with Gasteiger partial charge in [-0.25, -0.2) is 13.3 Å². The standard InChI is InChI=1S/C23H20ClF2N5O2/c1-12-10-16(25)20(14-7-9-31-18(11-14)29-23(27)30-31)21(26)19(12)22(33)28-8-6-17(32)13-2-4-15(24)5-3-13/h2-5,7,9-11,17,32H,6,8H2,1H3,(H2,27,30)(H,28,33)/t17-/m0/s1. The molecule has 170 valence electrons. The van der Waals surface area contributed by atoms with Crippen molar-refractivity contribution in [1.82, 2.24) is 19.9 Å². The van der Waals surface area contributed by atoms with Crippen LogP contribution in [0.4, 0.5) is 14.7 Å². The highest BCUT2D eigenvalue weighted by Crippen LogP contribution is 2.31. The normalized spacial score (nSPS) is 12.2. The van der Waals surface area contributed by atoms with Crippen LogP contribution in [0.1, 0.15) is 34.0 Å². The molecule has 0 spiro atoms. The smallest absolute Gasteiger partial charge is 0.254 e. The van der Waals surface area contributed by atoms with Crippen LogP contribution in [0.2, 0.25) is 5.02 Å². The van der Waals surface area contributed by atoms with Gasteiger partial charge in [-0.15, -0.1) is 5.10 Å². The zero-order chi connectivity index (χ0) is 23.7. The molecule has 4 N–H and O–H groups in total. The van der Waals surface area contributed by atoms with Gasteiger partial charge in [0.1, 0.15) is 11.6 Å². The molecule has 0 bridgehead atoms. The molecule has 0 aliphatic carbocycles. The molecule has 33 heavy (non-hydrogen) atoms. The summed E-state index contributed by atoms with van der Waals surface area (Å²) in [5, 5.41) is 17.4. The minimum Gasteiger partial charge on any atom is -0.388 e. The van der Waals surface area contributed by atoms with Crippen LogP contribution < -0.4 is 11.1 Å². The quantitative estimate of drug-likeness (QED) is 0.393. The van der Waals surface area contributed by atoms with Gasteiger partial charge >= 0.3 is 0 Å². The van der Waals surface area contributed by atoms with E-state index >= 15 is 4.39 Å². The molecule has 2 aromatic carbocycles. The van der Waals surface area contributed by atoms with Crippen LogP contribution >= 0.6 is 11.6 Å². The Bertz CT molecular complexity index is 1340. The molecule has 4 aromatic rings. The third kappa shape index (κ3) is 4.64. The number of amides is 1. The summed E-state index contributed by atoms with van der Waals surface area (Å²) >= 11 is 5.84. The van der Waals surface area contributed by atoms with E-state index in [-0.39, 0.29) is 41.2 Å². The molecule has 0 saturated carbocycles. The molecule has 0 aliphatic heterocycles. The van der Waals surface area contributed by atoms with Crippen molar-refractivity contribution in [2.45, 2.75) is 19.4 Å². The number of aryl methyl sites for hydroxylation is 1. The number of anilines is 1. The summed E-state index contributed by atoms with van der Waals surface area (Å²) in [6, 6.07) is 10.7. The molecule has 1 amide bonds. The average molecular weight is 472 g/mol. The van der Waals surface area contributed by atoms with Gasteiger partial charge in [0.2, 0.25) is 5.95 Å². The molecule has 2 aromatic heterocycles. The van der Waals surface area contributed by atoms with Crippen LogP contribution in [0.5, 0.6) is 0 Å². The Labute approximate surface area is 192 Å². The number of nitrogens with one attached hydrogen (secondary N) is 1. The van der Waals surface area contributed by atoms with Crippen LogP contribution in [0.15, 0.2) is 48.7 Å². The van der Waals surface area contributed by atoms with Gasteiger partial charge in [-0.1, -0.05) is 23.7 Å². The van der Waals surface area contributed by atoms with E-state index in [1.807, 2.05) is 0 Å². The van der Waals surface area contributed by atoms with Crippen molar-refractivity contribution in [2.75, 3.05) is 12.3 Å². The van der Waals surface area contributed by atoms with Gasteiger partial charge in [0.25, 0.3) is 5.91 Å². The number of aliphatic hydroxyl groups is 1. The summed E-state index contributed by atoms with van der Waals surface area (Å²) in [6.45, 7) is 1.54. The Morgan fingerprint density at radius 3 is 2.70 bits per heavy atom.